The maximum absolute atomic E-state index is 8.80. The molecule has 0 N–H and O–H groups in total. The molecule has 2 aromatic heterocycles. The molecule has 0 atom stereocenters. The van der Waals surface area contributed by atoms with Crippen LogP contribution in [0.1, 0.15) is 33.2 Å². The third-order valence-electron chi connectivity index (χ3n) is 6.11. The van der Waals surface area contributed by atoms with Crippen LogP contribution in [-0.2, 0) is 13.0 Å². The van der Waals surface area contributed by atoms with Crippen LogP contribution in [0.2, 0.25) is 19.6 Å². The summed E-state index contributed by atoms with van der Waals surface area (Å²) in [7, 11) is -0.637. The van der Waals surface area contributed by atoms with Crippen LogP contribution in [0.5, 0.6) is 0 Å². The highest BCUT2D eigenvalue weighted by Gasteiger charge is 2.23. The van der Waals surface area contributed by atoms with E-state index < -0.39 is 27.8 Å². The van der Waals surface area contributed by atoms with Crippen molar-refractivity contribution >= 4 is 30.0 Å². The largest absolute Gasteiger partial charge is 0.455 e. The van der Waals surface area contributed by atoms with Crippen LogP contribution in [0.25, 0.3) is 44.3 Å². The second-order valence-corrected chi connectivity index (χ2v) is 14.7. The number of hydrogen-bond donors (Lipinski definition) is 0. The van der Waals surface area contributed by atoms with Crippen molar-refractivity contribution in [2.45, 2.75) is 46.3 Å². The highest BCUT2D eigenvalue weighted by atomic mass is 28.3. The lowest BCUT2D eigenvalue weighted by molar-refractivity contribution is -0.660. The van der Waals surface area contributed by atoms with Crippen LogP contribution in [0.15, 0.2) is 71.3 Å². The van der Waals surface area contributed by atoms with Gasteiger partial charge < -0.3 is 4.42 Å². The molecule has 0 fully saturated rings. The van der Waals surface area contributed by atoms with Gasteiger partial charge in [-0.15, -0.1) is 0 Å². The Hall–Kier alpha value is -3.17. The van der Waals surface area contributed by atoms with Gasteiger partial charge in [0.15, 0.2) is 6.20 Å². The SMILES string of the molecule is [2H]C([2H])([2H])c1cc(C([2H])([2H])[Si](C)(C)C)ccc1-c1cc(-c2c(C)ccc3c2oc2ccccc23)[n+](C)cc1C([2H])([2H])[2H]. The van der Waals surface area contributed by atoms with E-state index in [1.165, 1.54) is 12.3 Å². The Balaban J connectivity index is 1.85. The molecule has 0 unspecified atom stereocenters. The molecule has 0 saturated carbocycles. The van der Waals surface area contributed by atoms with E-state index in [9.17, 15) is 0 Å². The Kier molecular flexibility index (Phi) is 3.63. The van der Waals surface area contributed by atoms with E-state index in [0.29, 0.717) is 11.3 Å². The van der Waals surface area contributed by atoms with E-state index in [1.54, 1.807) is 29.8 Å². The molecule has 0 aliphatic heterocycles. The van der Waals surface area contributed by atoms with E-state index >= 15 is 0 Å². The second-order valence-electron chi connectivity index (χ2n) is 9.96. The highest BCUT2D eigenvalue weighted by Crippen LogP contribution is 2.38. The number of aryl methyl sites for hydroxylation is 4. The number of fused-ring (bicyclic) bond motifs is 3. The molecule has 3 aromatic carbocycles. The van der Waals surface area contributed by atoms with Crippen molar-refractivity contribution in [2.24, 2.45) is 7.05 Å². The van der Waals surface area contributed by atoms with E-state index in [0.717, 1.165) is 27.5 Å². The smallest absolute Gasteiger partial charge is 0.216 e. The molecule has 2 heterocycles. The Bertz CT molecular complexity index is 1850. The van der Waals surface area contributed by atoms with Gasteiger partial charge in [0.2, 0.25) is 5.69 Å². The van der Waals surface area contributed by atoms with Crippen molar-refractivity contribution in [1.29, 1.82) is 0 Å². The van der Waals surface area contributed by atoms with Crippen LogP contribution in [0.3, 0.4) is 0 Å². The molecule has 0 saturated heterocycles. The zero-order chi connectivity index (χ0) is 31.0. The average molecular weight is 473 g/mol. The lowest BCUT2D eigenvalue weighted by Gasteiger charge is -2.17. The number of rotatable bonds is 4. The Morgan fingerprint density at radius 1 is 0.882 bits per heavy atom. The molecule has 34 heavy (non-hydrogen) atoms. The number of para-hydroxylation sites is 1. The molecule has 5 rings (SSSR count). The van der Waals surface area contributed by atoms with Crippen LogP contribution >= 0.6 is 0 Å². The van der Waals surface area contributed by atoms with Gasteiger partial charge in [-0.1, -0.05) is 73.7 Å². The minimum absolute atomic E-state index is 0.00893. The number of nitrogens with zero attached hydrogens (tertiary/aromatic N) is 1. The van der Waals surface area contributed by atoms with Crippen molar-refractivity contribution in [3.63, 3.8) is 0 Å². The maximum atomic E-state index is 8.80. The van der Waals surface area contributed by atoms with E-state index in [1.807, 2.05) is 63.0 Å². The van der Waals surface area contributed by atoms with Gasteiger partial charge >= 0.3 is 0 Å². The topological polar surface area (TPSA) is 17.0 Å². The van der Waals surface area contributed by atoms with Crippen LogP contribution in [0, 0.1) is 20.6 Å². The van der Waals surface area contributed by atoms with E-state index in [2.05, 4.69) is 0 Å². The third kappa shape index (κ3) is 3.99. The van der Waals surface area contributed by atoms with Crippen molar-refractivity contribution in [1.82, 2.24) is 0 Å². The minimum atomic E-state index is -2.61. The zero-order valence-electron chi connectivity index (χ0n) is 28.2. The average Bonchev–Trinajstić information content (AvgIpc) is 3.25. The Morgan fingerprint density at radius 2 is 1.68 bits per heavy atom. The van der Waals surface area contributed by atoms with Gasteiger partial charge in [-0.25, -0.2) is 4.57 Å². The molecule has 0 amide bonds. The molecule has 172 valence electrons. The minimum Gasteiger partial charge on any atom is -0.455 e. The molecular formula is C31H34NOSi+. The fourth-order valence-electron chi connectivity index (χ4n) is 4.62. The Morgan fingerprint density at radius 3 is 2.44 bits per heavy atom. The third-order valence-corrected chi connectivity index (χ3v) is 7.15. The van der Waals surface area contributed by atoms with E-state index in [4.69, 9.17) is 15.4 Å². The van der Waals surface area contributed by atoms with Gasteiger partial charge in [0, 0.05) is 41.4 Å². The summed E-state index contributed by atoms with van der Waals surface area (Å²) in [5, 5.41) is 1.89. The summed E-state index contributed by atoms with van der Waals surface area (Å²) < 4.78 is 75.8. The molecule has 0 aliphatic carbocycles. The van der Waals surface area contributed by atoms with Gasteiger partial charge in [0.25, 0.3) is 0 Å². The van der Waals surface area contributed by atoms with Crippen LogP contribution in [-0.4, -0.2) is 8.07 Å². The number of aromatic nitrogens is 1. The van der Waals surface area contributed by atoms with Gasteiger partial charge in [0.05, 0.1) is 5.56 Å². The molecule has 0 aliphatic rings. The first-order chi connectivity index (χ1) is 19.3. The quantitative estimate of drug-likeness (QED) is 0.191. The van der Waals surface area contributed by atoms with Gasteiger partial charge in [-0.3, -0.25) is 0 Å². The summed E-state index contributed by atoms with van der Waals surface area (Å²) in [6, 6.07) is 18.1. The first kappa shape index (κ1) is 15.0. The summed E-state index contributed by atoms with van der Waals surface area (Å²) in [6.07, 6.45) is 1.54. The Labute approximate surface area is 215 Å². The zero-order valence-corrected chi connectivity index (χ0v) is 21.2. The number of hydrogen-bond acceptors (Lipinski definition) is 1. The summed E-state index contributed by atoms with van der Waals surface area (Å²) in [6.45, 7) is 2.50. The number of benzene rings is 3. The van der Waals surface area contributed by atoms with E-state index in [-0.39, 0.29) is 27.8 Å². The summed E-state index contributed by atoms with van der Waals surface area (Å²) in [5.74, 6) is -1.69. The molecule has 5 aromatic rings. The molecule has 3 heteroatoms. The van der Waals surface area contributed by atoms with Gasteiger partial charge in [0.1, 0.15) is 18.2 Å². The van der Waals surface area contributed by atoms with Crippen LogP contribution in [0.4, 0.5) is 0 Å². The first-order valence-corrected chi connectivity index (χ1v) is 14.9. The first-order valence-electron chi connectivity index (χ1n) is 15.4. The lowest BCUT2D eigenvalue weighted by atomic mass is 9.93. The van der Waals surface area contributed by atoms with Crippen molar-refractivity contribution < 1.29 is 20.0 Å². The monoisotopic (exact) mass is 472 g/mol. The fraction of sp³-hybridized carbons (Fsp3) is 0.258. The van der Waals surface area contributed by atoms with Crippen LogP contribution < -0.4 is 4.57 Å². The van der Waals surface area contributed by atoms with Crippen molar-refractivity contribution in [3.05, 3.63) is 89.1 Å². The summed E-state index contributed by atoms with van der Waals surface area (Å²) >= 11 is 0. The predicted molar refractivity (Wildman–Crippen MR) is 147 cm³/mol. The summed E-state index contributed by atoms with van der Waals surface area (Å²) in [5.41, 5.74) is 4.49. The molecule has 0 bridgehead atoms. The molecular weight excluding hydrogens is 430 g/mol. The highest BCUT2D eigenvalue weighted by molar-refractivity contribution is 6.75. The lowest BCUT2D eigenvalue weighted by Crippen LogP contribution is -2.31. The van der Waals surface area contributed by atoms with Crippen molar-refractivity contribution in [2.75, 3.05) is 0 Å². The second kappa shape index (κ2) is 8.25. The maximum Gasteiger partial charge on any atom is 0.216 e. The number of furan rings is 1. The number of pyridine rings is 1. The predicted octanol–water partition coefficient (Wildman–Crippen LogP) is 8.09. The van der Waals surface area contributed by atoms with Gasteiger partial charge in [-0.05, 0) is 54.9 Å². The van der Waals surface area contributed by atoms with Crippen molar-refractivity contribution in [3.8, 4) is 22.4 Å². The fourth-order valence-corrected chi connectivity index (χ4v) is 5.64. The normalized spacial score (nSPS) is 16.7. The summed E-state index contributed by atoms with van der Waals surface area (Å²) in [4.78, 5) is 0. The standard InChI is InChI=1S/C31H34NOSi/c1-20-12-14-26-25-10-8-9-11-29(25)33-31(26)30(20)28-17-27(22(3)18-32(28)4)24-15-13-23(16-21(24)2)19-34(5,6)7/h8-18H,19H2,1-7H3/q+1/i2D3,3D3,19D2. The molecule has 2 nitrogen and oxygen atoms in total. The van der Waals surface area contributed by atoms with Gasteiger partial charge in [-0.2, -0.15) is 0 Å². The molecule has 0 spiro atoms. The molecule has 0 radical (unpaired) electrons.